The van der Waals surface area contributed by atoms with Gasteiger partial charge in [0.05, 0.1) is 30.0 Å². The van der Waals surface area contributed by atoms with Crippen molar-refractivity contribution >= 4 is 16.8 Å². The Hall–Kier alpha value is -3.00. The van der Waals surface area contributed by atoms with E-state index >= 15 is 0 Å². The Balaban J connectivity index is 1.40. The number of rotatable bonds is 4. The van der Waals surface area contributed by atoms with Gasteiger partial charge in [0.25, 0.3) is 0 Å². The highest BCUT2D eigenvalue weighted by atomic mass is 16.6. The smallest absolute Gasteiger partial charge is 0.249 e. The SMILES string of the molecule is NC(=O)c1cc(-c2ccc(O[C@@H]3CO[C@@H]4[C@H]3OC[C@@H]4O)cc2)nc2ccccc12. The summed E-state index contributed by atoms with van der Waals surface area (Å²) in [7, 11) is 0. The van der Waals surface area contributed by atoms with Gasteiger partial charge in [-0.25, -0.2) is 4.98 Å². The van der Waals surface area contributed by atoms with E-state index < -0.39 is 12.0 Å². The molecule has 2 aromatic carbocycles. The van der Waals surface area contributed by atoms with E-state index in [1.807, 2.05) is 48.5 Å². The maximum Gasteiger partial charge on any atom is 0.249 e. The van der Waals surface area contributed by atoms with Gasteiger partial charge in [0.15, 0.2) is 6.10 Å². The van der Waals surface area contributed by atoms with Gasteiger partial charge in [-0.05, 0) is 36.4 Å². The van der Waals surface area contributed by atoms with E-state index in [0.717, 1.165) is 10.9 Å². The fraction of sp³-hybridized carbons (Fsp3) is 0.273. The maximum absolute atomic E-state index is 11.9. The van der Waals surface area contributed by atoms with Crippen molar-refractivity contribution in [1.82, 2.24) is 4.98 Å². The van der Waals surface area contributed by atoms with Crippen molar-refractivity contribution in [3.05, 3.63) is 60.2 Å². The predicted molar refractivity (Wildman–Crippen MR) is 106 cm³/mol. The van der Waals surface area contributed by atoms with Crippen molar-refractivity contribution in [2.24, 2.45) is 5.73 Å². The Morgan fingerprint density at radius 1 is 1.07 bits per heavy atom. The standard InChI is InChI=1S/C22H20N2O5/c23-22(26)15-9-17(24-16-4-2-1-3-14(15)16)12-5-7-13(8-6-12)29-19-11-28-20-18(25)10-27-21(19)20/h1-9,18-21,25H,10-11H2,(H2,23,26)/t18-,19+,20-,21-/m0/s1. The van der Waals surface area contributed by atoms with Crippen LogP contribution in [0.25, 0.3) is 22.2 Å². The molecule has 4 atom stereocenters. The molecule has 1 amide bonds. The lowest BCUT2D eigenvalue weighted by molar-refractivity contribution is 0.00863. The molecular weight excluding hydrogens is 372 g/mol. The summed E-state index contributed by atoms with van der Waals surface area (Å²) in [5.41, 5.74) is 8.23. The second-order valence-corrected chi connectivity index (χ2v) is 7.28. The minimum Gasteiger partial charge on any atom is -0.485 e. The minimum atomic E-state index is -0.602. The van der Waals surface area contributed by atoms with Gasteiger partial charge in [-0.2, -0.15) is 0 Å². The molecule has 5 rings (SSSR count). The average molecular weight is 392 g/mol. The summed E-state index contributed by atoms with van der Waals surface area (Å²) in [4.78, 5) is 16.5. The number of primary amides is 1. The van der Waals surface area contributed by atoms with Gasteiger partial charge in [0.2, 0.25) is 5.91 Å². The van der Waals surface area contributed by atoms with Gasteiger partial charge in [-0.1, -0.05) is 18.2 Å². The van der Waals surface area contributed by atoms with Crippen LogP contribution in [0.1, 0.15) is 10.4 Å². The van der Waals surface area contributed by atoms with Gasteiger partial charge in [-0.3, -0.25) is 4.79 Å². The van der Waals surface area contributed by atoms with Crippen LogP contribution >= 0.6 is 0 Å². The number of aromatic nitrogens is 1. The second kappa shape index (κ2) is 7.11. The normalized spacial score (nSPS) is 25.8. The molecule has 3 aromatic rings. The summed E-state index contributed by atoms with van der Waals surface area (Å²) in [6.07, 6.45) is -1.45. The summed E-state index contributed by atoms with van der Waals surface area (Å²) in [6, 6.07) is 16.6. The molecule has 29 heavy (non-hydrogen) atoms. The number of carbonyl (C=O) groups is 1. The fourth-order valence-corrected chi connectivity index (χ4v) is 3.95. The molecule has 2 saturated heterocycles. The molecule has 148 valence electrons. The number of ether oxygens (including phenoxy) is 3. The van der Waals surface area contributed by atoms with Crippen molar-refractivity contribution in [2.75, 3.05) is 13.2 Å². The van der Waals surface area contributed by atoms with E-state index in [1.54, 1.807) is 6.07 Å². The number of hydrogen-bond donors (Lipinski definition) is 2. The second-order valence-electron chi connectivity index (χ2n) is 7.28. The van der Waals surface area contributed by atoms with E-state index in [1.165, 1.54) is 0 Å². The number of aliphatic hydroxyl groups excluding tert-OH is 1. The minimum absolute atomic E-state index is 0.259. The van der Waals surface area contributed by atoms with Crippen LogP contribution in [-0.4, -0.2) is 53.6 Å². The molecule has 0 spiro atoms. The molecule has 2 fully saturated rings. The first kappa shape index (κ1) is 18.1. The summed E-state index contributed by atoms with van der Waals surface area (Å²) in [5, 5.41) is 10.6. The van der Waals surface area contributed by atoms with E-state index in [-0.39, 0.29) is 24.9 Å². The Kier molecular flexibility index (Phi) is 4.43. The van der Waals surface area contributed by atoms with Crippen molar-refractivity contribution in [3.63, 3.8) is 0 Å². The molecule has 0 saturated carbocycles. The Labute approximate surface area is 167 Å². The number of benzene rings is 2. The molecule has 0 unspecified atom stereocenters. The van der Waals surface area contributed by atoms with Crippen LogP contribution in [0.4, 0.5) is 0 Å². The molecule has 0 radical (unpaired) electrons. The van der Waals surface area contributed by atoms with E-state index in [0.29, 0.717) is 29.1 Å². The third-order valence-electron chi connectivity index (χ3n) is 5.40. The zero-order valence-corrected chi connectivity index (χ0v) is 15.5. The van der Waals surface area contributed by atoms with Crippen LogP contribution in [0.5, 0.6) is 5.75 Å². The number of nitrogens with zero attached hydrogens (tertiary/aromatic N) is 1. The first-order valence-corrected chi connectivity index (χ1v) is 9.48. The fourth-order valence-electron chi connectivity index (χ4n) is 3.95. The summed E-state index contributed by atoms with van der Waals surface area (Å²) in [6.45, 7) is 0.645. The molecule has 0 aliphatic carbocycles. The summed E-state index contributed by atoms with van der Waals surface area (Å²) >= 11 is 0. The van der Waals surface area contributed by atoms with Gasteiger partial charge >= 0.3 is 0 Å². The highest BCUT2D eigenvalue weighted by Gasteiger charge is 2.48. The number of fused-ring (bicyclic) bond motifs is 2. The van der Waals surface area contributed by atoms with E-state index in [9.17, 15) is 9.90 Å². The van der Waals surface area contributed by atoms with Crippen molar-refractivity contribution < 1.29 is 24.1 Å². The van der Waals surface area contributed by atoms with Gasteiger partial charge < -0.3 is 25.1 Å². The first-order valence-electron chi connectivity index (χ1n) is 9.48. The maximum atomic E-state index is 11.9. The monoisotopic (exact) mass is 392 g/mol. The average Bonchev–Trinajstić information content (AvgIpc) is 3.31. The van der Waals surface area contributed by atoms with Crippen molar-refractivity contribution in [2.45, 2.75) is 24.4 Å². The topological polar surface area (TPSA) is 104 Å². The summed E-state index contributed by atoms with van der Waals surface area (Å²) in [5.74, 6) is 0.184. The third-order valence-corrected chi connectivity index (χ3v) is 5.40. The molecule has 3 heterocycles. The Morgan fingerprint density at radius 3 is 2.62 bits per heavy atom. The zero-order valence-electron chi connectivity index (χ0n) is 15.5. The molecule has 0 bridgehead atoms. The van der Waals surface area contributed by atoms with Crippen LogP contribution in [0.2, 0.25) is 0 Å². The van der Waals surface area contributed by atoms with Crippen LogP contribution in [0.3, 0.4) is 0 Å². The predicted octanol–water partition coefficient (Wildman–Crippen LogP) is 1.91. The number of carbonyl (C=O) groups excluding carboxylic acids is 1. The number of pyridine rings is 1. The van der Waals surface area contributed by atoms with Crippen LogP contribution in [0.15, 0.2) is 54.6 Å². The molecular formula is C22H20N2O5. The highest BCUT2D eigenvalue weighted by molar-refractivity contribution is 6.06. The number of nitrogens with two attached hydrogens (primary N) is 1. The van der Waals surface area contributed by atoms with E-state index in [2.05, 4.69) is 4.98 Å². The molecule has 3 N–H and O–H groups in total. The van der Waals surface area contributed by atoms with Crippen LogP contribution in [0, 0.1) is 0 Å². The lowest BCUT2D eigenvalue weighted by atomic mass is 10.0. The van der Waals surface area contributed by atoms with Crippen molar-refractivity contribution in [1.29, 1.82) is 0 Å². The summed E-state index contributed by atoms with van der Waals surface area (Å²) < 4.78 is 17.2. The van der Waals surface area contributed by atoms with Gasteiger partial charge in [0.1, 0.15) is 24.1 Å². The molecule has 2 aliphatic heterocycles. The van der Waals surface area contributed by atoms with Crippen LogP contribution in [-0.2, 0) is 9.47 Å². The number of para-hydroxylation sites is 1. The third kappa shape index (κ3) is 3.23. The number of aliphatic hydroxyl groups is 1. The van der Waals surface area contributed by atoms with Gasteiger partial charge in [0, 0.05) is 10.9 Å². The van der Waals surface area contributed by atoms with E-state index in [4.69, 9.17) is 19.9 Å². The largest absolute Gasteiger partial charge is 0.485 e. The molecule has 1 aromatic heterocycles. The molecule has 7 heteroatoms. The zero-order chi connectivity index (χ0) is 20.0. The number of amides is 1. The molecule has 2 aliphatic rings. The van der Waals surface area contributed by atoms with Crippen molar-refractivity contribution in [3.8, 4) is 17.0 Å². The Morgan fingerprint density at radius 2 is 1.83 bits per heavy atom. The number of hydrogen-bond acceptors (Lipinski definition) is 6. The lowest BCUT2D eigenvalue weighted by Gasteiger charge is -2.18. The first-order chi connectivity index (χ1) is 14.1. The lowest BCUT2D eigenvalue weighted by Crippen LogP contribution is -2.34. The quantitative estimate of drug-likeness (QED) is 0.703. The molecule has 7 nitrogen and oxygen atoms in total. The Bertz CT molecular complexity index is 1070. The highest BCUT2D eigenvalue weighted by Crippen LogP contribution is 2.31. The van der Waals surface area contributed by atoms with Gasteiger partial charge in [-0.15, -0.1) is 0 Å². The van der Waals surface area contributed by atoms with Crippen LogP contribution < -0.4 is 10.5 Å².